The van der Waals surface area contributed by atoms with Crippen LogP contribution in [0.4, 0.5) is 5.69 Å². The van der Waals surface area contributed by atoms with Crippen LogP contribution < -0.4 is 5.32 Å². The maximum Gasteiger partial charge on any atom is 0.0589 e. The molecular formula is C15H24N2O. The summed E-state index contributed by atoms with van der Waals surface area (Å²) in [4.78, 5) is 2.44. The molecular weight excluding hydrogens is 224 g/mol. The second-order valence-corrected chi connectivity index (χ2v) is 4.84. The Labute approximate surface area is 110 Å². The van der Waals surface area contributed by atoms with Crippen LogP contribution in [0.15, 0.2) is 18.2 Å². The van der Waals surface area contributed by atoms with Crippen LogP contribution in [0.2, 0.25) is 0 Å². The lowest BCUT2D eigenvalue weighted by Crippen LogP contribution is -2.27. The number of methoxy groups -OCH3 is 1. The highest BCUT2D eigenvalue weighted by Crippen LogP contribution is 2.26. The number of rotatable bonds is 6. The van der Waals surface area contributed by atoms with Gasteiger partial charge in [0.1, 0.15) is 0 Å². The van der Waals surface area contributed by atoms with Crippen LogP contribution in [0.3, 0.4) is 0 Å². The monoisotopic (exact) mass is 248 g/mol. The molecule has 0 radical (unpaired) electrons. The summed E-state index contributed by atoms with van der Waals surface area (Å²) in [5.41, 5.74) is 4.32. The van der Waals surface area contributed by atoms with Crippen LogP contribution >= 0.6 is 0 Å². The van der Waals surface area contributed by atoms with E-state index in [4.69, 9.17) is 4.74 Å². The zero-order valence-corrected chi connectivity index (χ0v) is 11.5. The molecule has 3 heteroatoms. The maximum atomic E-state index is 5.17. The van der Waals surface area contributed by atoms with E-state index < -0.39 is 0 Å². The Morgan fingerprint density at radius 3 is 3.06 bits per heavy atom. The molecule has 1 aromatic carbocycles. The molecule has 0 fully saturated rings. The van der Waals surface area contributed by atoms with E-state index in [1.165, 1.54) is 29.7 Å². The fourth-order valence-corrected chi connectivity index (χ4v) is 2.54. The van der Waals surface area contributed by atoms with E-state index in [9.17, 15) is 0 Å². The quantitative estimate of drug-likeness (QED) is 0.837. The standard InChI is InChI=1S/C15H24N2O/c1-3-17(10-11-18-2)12-13-6-4-8-15-14(13)7-5-9-16-15/h4,6,8,16H,3,5,7,9-12H2,1-2H3. The third-order valence-electron chi connectivity index (χ3n) is 3.64. The smallest absolute Gasteiger partial charge is 0.0589 e. The zero-order chi connectivity index (χ0) is 12.8. The minimum Gasteiger partial charge on any atom is -0.385 e. The molecule has 0 aliphatic carbocycles. The molecule has 0 amide bonds. The number of ether oxygens (including phenoxy) is 1. The summed E-state index contributed by atoms with van der Waals surface area (Å²) in [7, 11) is 1.77. The predicted octanol–water partition coefficient (Wildman–Crippen LogP) is 2.51. The van der Waals surface area contributed by atoms with Crippen LogP contribution in [-0.2, 0) is 17.7 Å². The highest BCUT2D eigenvalue weighted by atomic mass is 16.5. The van der Waals surface area contributed by atoms with Crippen molar-refractivity contribution in [3.63, 3.8) is 0 Å². The summed E-state index contributed by atoms with van der Waals surface area (Å²) in [6.45, 7) is 7.23. The van der Waals surface area contributed by atoms with E-state index in [2.05, 4.69) is 35.3 Å². The number of nitrogens with one attached hydrogen (secondary N) is 1. The van der Waals surface area contributed by atoms with Crippen molar-refractivity contribution in [3.05, 3.63) is 29.3 Å². The lowest BCUT2D eigenvalue weighted by atomic mass is 9.97. The topological polar surface area (TPSA) is 24.5 Å². The van der Waals surface area contributed by atoms with Gasteiger partial charge in [0.2, 0.25) is 0 Å². The Morgan fingerprint density at radius 2 is 2.28 bits per heavy atom. The van der Waals surface area contributed by atoms with Crippen molar-refractivity contribution in [1.82, 2.24) is 4.90 Å². The Morgan fingerprint density at radius 1 is 1.39 bits per heavy atom. The molecule has 0 aromatic heterocycles. The van der Waals surface area contributed by atoms with Crippen molar-refractivity contribution in [2.75, 3.05) is 38.7 Å². The van der Waals surface area contributed by atoms with E-state index in [-0.39, 0.29) is 0 Å². The molecule has 18 heavy (non-hydrogen) atoms. The largest absolute Gasteiger partial charge is 0.385 e. The van der Waals surface area contributed by atoms with E-state index in [1.54, 1.807) is 7.11 Å². The SMILES string of the molecule is CCN(CCOC)Cc1cccc2c1CCCN2. The second-order valence-electron chi connectivity index (χ2n) is 4.84. The number of fused-ring (bicyclic) bond motifs is 1. The molecule has 1 aliphatic heterocycles. The molecule has 1 N–H and O–H groups in total. The van der Waals surface area contributed by atoms with Crippen molar-refractivity contribution in [2.45, 2.75) is 26.3 Å². The van der Waals surface area contributed by atoms with E-state index in [0.29, 0.717) is 0 Å². The fraction of sp³-hybridized carbons (Fsp3) is 0.600. The zero-order valence-electron chi connectivity index (χ0n) is 11.5. The number of nitrogens with zero attached hydrogens (tertiary/aromatic N) is 1. The van der Waals surface area contributed by atoms with Crippen LogP contribution in [0, 0.1) is 0 Å². The Kier molecular flexibility index (Phi) is 5.02. The number of benzene rings is 1. The van der Waals surface area contributed by atoms with Crippen LogP contribution in [-0.4, -0.2) is 38.3 Å². The molecule has 3 nitrogen and oxygen atoms in total. The molecule has 2 rings (SSSR count). The van der Waals surface area contributed by atoms with Crippen molar-refractivity contribution < 1.29 is 4.74 Å². The van der Waals surface area contributed by atoms with Gasteiger partial charge >= 0.3 is 0 Å². The normalized spacial score (nSPS) is 14.4. The summed E-state index contributed by atoms with van der Waals surface area (Å²) in [5.74, 6) is 0. The Bertz CT molecular complexity index is 379. The van der Waals surface area contributed by atoms with Crippen LogP contribution in [0.25, 0.3) is 0 Å². The molecule has 1 aromatic rings. The molecule has 100 valence electrons. The van der Waals surface area contributed by atoms with Gasteiger partial charge in [0.25, 0.3) is 0 Å². The van der Waals surface area contributed by atoms with Gasteiger partial charge in [0.15, 0.2) is 0 Å². The van der Waals surface area contributed by atoms with Gasteiger partial charge in [0.05, 0.1) is 6.61 Å². The molecule has 0 spiro atoms. The van der Waals surface area contributed by atoms with Crippen molar-refractivity contribution in [2.24, 2.45) is 0 Å². The molecule has 0 saturated carbocycles. The summed E-state index contributed by atoms with van der Waals surface area (Å²) in [5, 5.41) is 3.49. The Balaban J connectivity index is 2.08. The van der Waals surface area contributed by atoms with Crippen LogP contribution in [0.5, 0.6) is 0 Å². The first kappa shape index (κ1) is 13.4. The minimum atomic E-state index is 0.807. The summed E-state index contributed by atoms with van der Waals surface area (Å²) >= 11 is 0. The number of anilines is 1. The molecule has 0 saturated heterocycles. The lowest BCUT2D eigenvalue weighted by molar-refractivity contribution is 0.147. The van der Waals surface area contributed by atoms with Crippen LogP contribution in [0.1, 0.15) is 24.5 Å². The van der Waals surface area contributed by atoms with Gasteiger partial charge in [-0.05, 0) is 36.6 Å². The third kappa shape index (κ3) is 3.24. The highest BCUT2D eigenvalue weighted by Gasteiger charge is 2.13. The highest BCUT2D eigenvalue weighted by molar-refractivity contribution is 5.56. The van der Waals surface area contributed by atoms with Crippen molar-refractivity contribution in [3.8, 4) is 0 Å². The number of likely N-dealkylation sites (N-methyl/N-ethyl adjacent to an activating group) is 1. The predicted molar refractivity (Wildman–Crippen MR) is 76.1 cm³/mol. The first-order valence-electron chi connectivity index (χ1n) is 6.91. The summed E-state index contributed by atoms with van der Waals surface area (Å²) < 4.78 is 5.17. The molecule has 1 aliphatic rings. The molecule has 0 atom stereocenters. The summed E-state index contributed by atoms with van der Waals surface area (Å²) in [6.07, 6.45) is 2.45. The first-order chi connectivity index (χ1) is 8.85. The average Bonchev–Trinajstić information content (AvgIpc) is 2.43. The van der Waals surface area contributed by atoms with Gasteiger partial charge in [-0.25, -0.2) is 0 Å². The minimum absolute atomic E-state index is 0.807. The molecule has 0 bridgehead atoms. The molecule has 0 unspecified atom stereocenters. The van der Waals surface area contributed by atoms with Gasteiger partial charge in [0, 0.05) is 32.4 Å². The van der Waals surface area contributed by atoms with Gasteiger partial charge in [-0.2, -0.15) is 0 Å². The van der Waals surface area contributed by atoms with Gasteiger partial charge < -0.3 is 10.1 Å². The van der Waals surface area contributed by atoms with Crippen molar-refractivity contribution >= 4 is 5.69 Å². The van der Waals surface area contributed by atoms with Gasteiger partial charge in [-0.1, -0.05) is 19.1 Å². The Hall–Kier alpha value is -1.06. The molecule has 1 heterocycles. The maximum absolute atomic E-state index is 5.17. The second kappa shape index (κ2) is 6.76. The number of hydrogen-bond donors (Lipinski definition) is 1. The van der Waals surface area contributed by atoms with Gasteiger partial charge in [-0.15, -0.1) is 0 Å². The lowest BCUT2D eigenvalue weighted by Gasteiger charge is -2.25. The van der Waals surface area contributed by atoms with E-state index in [0.717, 1.165) is 32.8 Å². The first-order valence-corrected chi connectivity index (χ1v) is 6.91. The van der Waals surface area contributed by atoms with E-state index >= 15 is 0 Å². The van der Waals surface area contributed by atoms with Gasteiger partial charge in [-0.3, -0.25) is 4.90 Å². The summed E-state index contributed by atoms with van der Waals surface area (Å²) in [6, 6.07) is 6.63. The van der Waals surface area contributed by atoms with Crippen molar-refractivity contribution in [1.29, 1.82) is 0 Å². The van der Waals surface area contributed by atoms with E-state index in [1.807, 2.05) is 0 Å². The third-order valence-corrected chi connectivity index (χ3v) is 3.64. The fourth-order valence-electron chi connectivity index (χ4n) is 2.54. The number of hydrogen-bond acceptors (Lipinski definition) is 3. The average molecular weight is 248 g/mol.